The van der Waals surface area contributed by atoms with Crippen LogP contribution >= 0.6 is 0 Å². The lowest BCUT2D eigenvalue weighted by atomic mass is 9.99. The molecule has 0 bridgehead atoms. The number of allylic oxidation sites excluding steroid dienone is 1. The first-order valence-electron chi connectivity index (χ1n) is 8.78. The first kappa shape index (κ1) is 23.7. The van der Waals surface area contributed by atoms with Gasteiger partial charge in [-0.05, 0) is 56.8 Å². The van der Waals surface area contributed by atoms with Crippen LogP contribution in [0.2, 0.25) is 0 Å². The molecule has 0 aliphatic heterocycles. The van der Waals surface area contributed by atoms with Crippen molar-refractivity contribution in [1.82, 2.24) is 15.8 Å². The number of amides is 1. The lowest BCUT2D eigenvalue weighted by molar-refractivity contribution is -0.136. The Labute approximate surface area is 170 Å². The molecule has 0 radical (unpaired) electrons. The first-order valence-corrected chi connectivity index (χ1v) is 8.78. The number of nitrogens with zero attached hydrogens (tertiary/aromatic N) is 1. The summed E-state index contributed by atoms with van der Waals surface area (Å²) in [5.41, 5.74) is 2.83. The number of hydrogen-bond donors (Lipinski definition) is 4. The highest BCUT2D eigenvalue weighted by Gasteiger charge is 2.31. The Morgan fingerprint density at radius 2 is 1.90 bits per heavy atom. The summed E-state index contributed by atoms with van der Waals surface area (Å²) in [4.78, 5) is 25.3. The number of aldehydes is 1. The molecule has 2 rings (SSSR count). The standard InChI is InChI=1S/C16H11NO.C6H14N2O3/c18-13-16-9-7-14(8-10-16)4-1-2-5-15-6-3-11-17-12-15;1-6(2,10)4(7-3)5(9)8-11/h2-3,5-13H;4,7,10-11H,1-3H3,(H,8,9)/b5-2+;. The van der Waals surface area contributed by atoms with Gasteiger partial charge in [-0.3, -0.25) is 19.8 Å². The molecule has 1 aromatic heterocycles. The van der Waals surface area contributed by atoms with Crippen LogP contribution in [0.15, 0.2) is 54.9 Å². The molecule has 0 spiro atoms. The Kier molecular flexibility index (Phi) is 9.99. The Hall–Kier alpha value is -3.31. The van der Waals surface area contributed by atoms with Gasteiger partial charge in [0.15, 0.2) is 0 Å². The molecule has 1 atom stereocenters. The van der Waals surface area contributed by atoms with E-state index < -0.39 is 17.6 Å². The van der Waals surface area contributed by atoms with Crippen molar-refractivity contribution >= 4 is 18.3 Å². The smallest absolute Gasteiger partial charge is 0.263 e. The third-order valence-electron chi connectivity index (χ3n) is 3.67. The molecule has 0 aliphatic carbocycles. The summed E-state index contributed by atoms with van der Waals surface area (Å²) >= 11 is 0. The number of carbonyl (C=O) groups excluding carboxylic acids is 2. The zero-order chi connectivity index (χ0) is 21.7. The van der Waals surface area contributed by atoms with Crippen LogP contribution in [0.3, 0.4) is 0 Å². The summed E-state index contributed by atoms with van der Waals surface area (Å²) < 4.78 is 0. The van der Waals surface area contributed by atoms with Crippen LogP contribution in [-0.2, 0) is 4.79 Å². The minimum Gasteiger partial charge on any atom is -0.388 e. The monoisotopic (exact) mass is 395 g/mol. The fraction of sp³-hybridized carbons (Fsp3) is 0.227. The summed E-state index contributed by atoms with van der Waals surface area (Å²) in [6.45, 7) is 2.95. The zero-order valence-corrected chi connectivity index (χ0v) is 16.6. The van der Waals surface area contributed by atoms with Gasteiger partial charge in [0.2, 0.25) is 0 Å². The summed E-state index contributed by atoms with van der Waals surface area (Å²) in [6.07, 6.45) is 8.01. The van der Waals surface area contributed by atoms with Crippen molar-refractivity contribution < 1.29 is 19.9 Å². The second-order valence-electron chi connectivity index (χ2n) is 6.48. The molecule has 1 aromatic carbocycles. The van der Waals surface area contributed by atoms with Gasteiger partial charge in [0.25, 0.3) is 5.91 Å². The molecule has 0 aliphatic rings. The van der Waals surface area contributed by atoms with E-state index in [2.05, 4.69) is 22.1 Å². The number of pyridine rings is 1. The number of aliphatic hydroxyl groups is 1. The summed E-state index contributed by atoms with van der Waals surface area (Å²) in [5.74, 6) is 5.28. The molecule has 152 valence electrons. The van der Waals surface area contributed by atoms with E-state index in [-0.39, 0.29) is 0 Å². The van der Waals surface area contributed by atoms with Gasteiger partial charge in [-0.15, -0.1) is 0 Å². The van der Waals surface area contributed by atoms with Crippen molar-refractivity contribution in [2.24, 2.45) is 0 Å². The van der Waals surface area contributed by atoms with Crippen LogP contribution in [0.25, 0.3) is 6.08 Å². The van der Waals surface area contributed by atoms with Crippen LogP contribution in [0.5, 0.6) is 0 Å². The Morgan fingerprint density at radius 3 is 2.34 bits per heavy atom. The highest BCUT2D eigenvalue weighted by atomic mass is 16.5. The van der Waals surface area contributed by atoms with Crippen LogP contribution < -0.4 is 10.8 Å². The molecule has 7 nitrogen and oxygen atoms in total. The minimum atomic E-state index is -1.19. The van der Waals surface area contributed by atoms with Gasteiger partial charge in [0.1, 0.15) is 12.3 Å². The fourth-order valence-electron chi connectivity index (χ4n) is 2.25. The third-order valence-corrected chi connectivity index (χ3v) is 3.67. The van der Waals surface area contributed by atoms with Gasteiger partial charge in [-0.2, -0.15) is 0 Å². The fourth-order valence-corrected chi connectivity index (χ4v) is 2.25. The molecule has 0 fully saturated rings. The zero-order valence-electron chi connectivity index (χ0n) is 16.6. The molecule has 2 aromatic rings. The minimum absolute atomic E-state index is 0.653. The van der Waals surface area contributed by atoms with E-state index >= 15 is 0 Å². The Bertz CT molecular complexity index is 861. The lowest BCUT2D eigenvalue weighted by Crippen LogP contribution is -2.54. The van der Waals surface area contributed by atoms with E-state index in [0.29, 0.717) is 5.56 Å². The lowest BCUT2D eigenvalue weighted by Gasteiger charge is -2.26. The molecule has 0 saturated heterocycles. The van der Waals surface area contributed by atoms with Crippen LogP contribution in [0.1, 0.15) is 35.3 Å². The van der Waals surface area contributed by atoms with Gasteiger partial charge < -0.3 is 10.4 Å². The number of likely N-dealkylation sites (N-methyl/N-ethyl adjacent to an activating group) is 1. The summed E-state index contributed by atoms with van der Waals surface area (Å²) in [5, 5.41) is 20.2. The van der Waals surface area contributed by atoms with Crippen LogP contribution in [0, 0.1) is 11.8 Å². The van der Waals surface area contributed by atoms with Gasteiger partial charge in [0.05, 0.1) is 5.60 Å². The first-order chi connectivity index (χ1) is 13.8. The summed E-state index contributed by atoms with van der Waals surface area (Å²) in [7, 11) is 1.53. The maximum Gasteiger partial charge on any atom is 0.263 e. The quantitative estimate of drug-likeness (QED) is 0.266. The number of hydrogen-bond acceptors (Lipinski definition) is 6. The molecule has 1 unspecified atom stereocenters. The average Bonchev–Trinajstić information content (AvgIpc) is 2.72. The van der Waals surface area contributed by atoms with Crippen molar-refractivity contribution in [1.29, 1.82) is 0 Å². The second kappa shape index (κ2) is 12.2. The number of carbonyl (C=O) groups is 2. The van der Waals surface area contributed by atoms with Gasteiger partial charge in [0, 0.05) is 23.5 Å². The predicted octanol–water partition coefficient (Wildman–Crippen LogP) is 1.81. The number of aromatic nitrogens is 1. The largest absolute Gasteiger partial charge is 0.388 e. The molecule has 7 heteroatoms. The molecule has 1 heterocycles. The van der Waals surface area contributed by atoms with E-state index in [4.69, 9.17) is 5.21 Å². The molecule has 4 N–H and O–H groups in total. The van der Waals surface area contributed by atoms with Crippen molar-refractivity contribution in [3.63, 3.8) is 0 Å². The second-order valence-corrected chi connectivity index (χ2v) is 6.48. The van der Waals surface area contributed by atoms with Crippen molar-refractivity contribution in [3.05, 3.63) is 71.6 Å². The number of hydroxylamine groups is 1. The van der Waals surface area contributed by atoms with Gasteiger partial charge in [-0.1, -0.05) is 30.0 Å². The topological polar surface area (TPSA) is 112 Å². The van der Waals surface area contributed by atoms with E-state index in [9.17, 15) is 14.7 Å². The van der Waals surface area contributed by atoms with E-state index in [1.165, 1.54) is 26.4 Å². The normalized spacial score (nSPS) is 11.5. The van der Waals surface area contributed by atoms with E-state index in [1.807, 2.05) is 30.3 Å². The van der Waals surface area contributed by atoms with Crippen molar-refractivity contribution in [2.75, 3.05) is 7.05 Å². The Balaban J connectivity index is 0.000000331. The van der Waals surface area contributed by atoms with Gasteiger partial charge in [-0.25, -0.2) is 5.48 Å². The van der Waals surface area contributed by atoms with Crippen LogP contribution in [0.4, 0.5) is 0 Å². The molecular formula is C22H25N3O4. The molecule has 29 heavy (non-hydrogen) atoms. The maximum atomic E-state index is 10.8. The molecular weight excluding hydrogens is 370 g/mol. The average molecular weight is 395 g/mol. The van der Waals surface area contributed by atoms with E-state index in [0.717, 1.165) is 17.4 Å². The van der Waals surface area contributed by atoms with Crippen molar-refractivity contribution in [3.8, 4) is 11.8 Å². The van der Waals surface area contributed by atoms with E-state index in [1.54, 1.807) is 30.6 Å². The highest BCUT2D eigenvalue weighted by Crippen LogP contribution is 2.07. The third kappa shape index (κ3) is 8.95. The Morgan fingerprint density at radius 1 is 1.21 bits per heavy atom. The summed E-state index contributed by atoms with van der Waals surface area (Å²) in [6, 6.07) is 10.2. The number of nitrogens with one attached hydrogen (secondary N) is 2. The number of rotatable bonds is 5. The van der Waals surface area contributed by atoms with Crippen LogP contribution in [-0.4, -0.2) is 46.2 Å². The van der Waals surface area contributed by atoms with Gasteiger partial charge >= 0.3 is 0 Å². The predicted molar refractivity (Wildman–Crippen MR) is 111 cm³/mol. The SMILES string of the molecule is CNC(C(=O)NO)C(C)(C)O.O=Cc1ccc(C#C/C=C/c2cccnc2)cc1. The maximum absolute atomic E-state index is 10.8. The molecule has 1 amide bonds. The van der Waals surface area contributed by atoms with Crippen molar-refractivity contribution in [2.45, 2.75) is 25.5 Å². The molecule has 0 saturated carbocycles. The number of benzene rings is 1. The highest BCUT2D eigenvalue weighted by molar-refractivity contribution is 5.81.